The van der Waals surface area contributed by atoms with Crippen molar-refractivity contribution in [1.82, 2.24) is 10.2 Å². The Labute approximate surface area is 150 Å². The van der Waals surface area contributed by atoms with E-state index in [1.807, 2.05) is 6.92 Å². The molecule has 1 heterocycles. The minimum Gasteiger partial charge on any atom is -0.496 e. The molecule has 1 fully saturated rings. The second kappa shape index (κ2) is 8.65. The molecule has 0 spiro atoms. The molecule has 25 heavy (non-hydrogen) atoms. The molecule has 0 saturated carbocycles. The average Bonchev–Trinajstić information content (AvgIpc) is 2.63. The Balaban J connectivity index is 1.55. The molecule has 1 atom stereocenters. The number of piperidine rings is 1. The number of rotatable bonds is 7. The molecule has 0 amide bonds. The van der Waals surface area contributed by atoms with Crippen LogP contribution in [0.5, 0.6) is 5.75 Å². The van der Waals surface area contributed by atoms with Gasteiger partial charge in [0.1, 0.15) is 5.75 Å². The van der Waals surface area contributed by atoms with Gasteiger partial charge in [0.15, 0.2) is 0 Å². The fraction of sp³-hybridized carbons (Fsp3) is 0.524. The first-order valence-electron chi connectivity index (χ1n) is 9.33. The molecule has 0 aromatic heterocycles. The van der Waals surface area contributed by atoms with Crippen molar-refractivity contribution in [1.29, 1.82) is 0 Å². The van der Waals surface area contributed by atoms with E-state index in [1.165, 1.54) is 29.2 Å². The number of fused-ring (bicyclic) bond motifs is 1. The lowest BCUT2D eigenvalue weighted by atomic mass is 9.96. The van der Waals surface area contributed by atoms with Crippen molar-refractivity contribution < 1.29 is 9.84 Å². The van der Waals surface area contributed by atoms with Crippen LogP contribution in [0.1, 0.15) is 25.3 Å². The van der Waals surface area contributed by atoms with E-state index in [9.17, 15) is 5.11 Å². The minimum absolute atomic E-state index is 0.228. The first kappa shape index (κ1) is 18.2. The summed E-state index contributed by atoms with van der Waals surface area (Å²) in [5.41, 5.74) is 1.24. The molecule has 1 aliphatic heterocycles. The summed E-state index contributed by atoms with van der Waals surface area (Å²) in [6.07, 6.45) is 2.17. The van der Waals surface area contributed by atoms with Crippen molar-refractivity contribution in [3.8, 4) is 5.75 Å². The fourth-order valence-corrected chi connectivity index (χ4v) is 3.84. The molecule has 2 aromatic carbocycles. The zero-order chi connectivity index (χ0) is 17.6. The number of ether oxygens (including phenoxy) is 1. The van der Waals surface area contributed by atoms with Crippen molar-refractivity contribution in [2.75, 3.05) is 33.3 Å². The van der Waals surface area contributed by atoms with Crippen LogP contribution in [0.3, 0.4) is 0 Å². The van der Waals surface area contributed by atoms with Gasteiger partial charge < -0.3 is 20.1 Å². The van der Waals surface area contributed by atoms with E-state index < -0.39 is 0 Å². The van der Waals surface area contributed by atoms with Crippen LogP contribution < -0.4 is 10.1 Å². The highest BCUT2D eigenvalue weighted by molar-refractivity contribution is 5.87. The summed E-state index contributed by atoms with van der Waals surface area (Å²) < 4.78 is 5.58. The van der Waals surface area contributed by atoms with Crippen LogP contribution in [0.2, 0.25) is 0 Å². The number of hydrogen-bond acceptors (Lipinski definition) is 4. The zero-order valence-corrected chi connectivity index (χ0v) is 15.4. The van der Waals surface area contributed by atoms with Gasteiger partial charge in [0.2, 0.25) is 0 Å². The van der Waals surface area contributed by atoms with Crippen LogP contribution >= 0.6 is 0 Å². The largest absolute Gasteiger partial charge is 0.496 e. The van der Waals surface area contributed by atoms with E-state index in [0.29, 0.717) is 5.92 Å². The number of nitrogens with one attached hydrogen (secondary N) is 1. The Morgan fingerprint density at radius 2 is 1.96 bits per heavy atom. The Kier molecular flexibility index (Phi) is 6.29. The Morgan fingerprint density at radius 1 is 1.20 bits per heavy atom. The average molecular weight is 342 g/mol. The molecule has 0 unspecified atom stereocenters. The molecule has 2 aromatic rings. The SMILES string of the molecule is COc1ccc2ccccc2c1CNCC1CCN(C[C@@H](C)O)CC1. The molecule has 0 aliphatic carbocycles. The number of hydrogen-bond donors (Lipinski definition) is 2. The van der Waals surface area contributed by atoms with Crippen molar-refractivity contribution >= 4 is 10.8 Å². The second-order valence-corrected chi connectivity index (χ2v) is 7.19. The minimum atomic E-state index is -0.228. The third kappa shape index (κ3) is 4.72. The number of nitrogens with zero attached hydrogens (tertiary/aromatic N) is 1. The maximum absolute atomic E-state index is 9.51. The molecule has 1 saturated heterocycles. The highest BCUT2D eigenvalue weighted by Gasteiger charge is 2.20. The van der Waals surface area contributed by atoms with Gasteiger partial charge in [0.05, 0.1) is 13.2 Å². The molecule has 4 heteroatoms. The Bertz CT molecular complexity index is 679. The lowest BCUT2D eigenvalue weighted by molar-refractivity contribution is 0.0998. The number of aliphatic hydroxyl groups excluding tert-OH is 1. The van der Waals surface area contributed by atoms with Gasteiger partial charge in [-0.05, 0) is 62.2 Å². The van der Waals surface area contributed by atoms with Gasteiger partial charge in [-0.1, -0.05) is 30.3 Å². The van der Waals surface area contributed by atoms with Crippen LogP contribution in [0.25, 0.3) is 10.8 Å². The lowest BCUT2D eigenvalue weighted by Crippen LogP contribution is -2.40. The Hall–Kier alpha value is -1.62. The van der Waals surface area contributed by atoms with E-state index in [1.54, 1.807) is 7.11 Å². The van der Waals surface area contributed by atoms with Gasteiger partial charge in [-0.3, -0.25) is 0 Å². The molecular weight excluding hydrogens is 312 g/mol. The molecule has 136 valence electrons. The summed E-state index contributed by atoms with van der Waals surface area (Å²) >= 11 is 0. The molecule has 1 aliphatic rings. The van der Waals surface area contributed by atoms with Crippen LogP contribution in [-0.2, 0) is 6.54 Å². The number of β-amino-alcohol motifs (C(OH)–C–C–N with tert-alkyl or cyclic N) is 1. The van der Waals surface area contributed by atoms with E-state index >= 15 is 0 Å². The molecule has 0 bridgehead atoms. The highest BCUT2D eigenvalue weighted by Crippen LogP contribution is 2.28. The molecule has 2 N–H and O–H groups in total. The van der Waals surface area contributed by atoms with E-state index in [4.69, 9.17) is 4.74 Å². The smallest absolute Gasteiger partial charge is 0.123 e. The summed E-state index contributed by atoms with van der Waals surface area (Å²) in [7, 11) is 1.74. The van der Waals surface area contributed by atoms with E-state index in [0.717, 1.165) is 38.5 Å². The van der Waals surface area contributed by atoms with Gasteiger partial charge in [0.25, 0.3) is 0 Å². The number of methoxy groups -OCH3 is 1. The molecular formula is C21H30N2O2. The van der Waals surface area contributed by atoms with Crippen molar-refractivity contribution in [2.24, 2.45) is 5.92 Å². The maximum atomic E-state index is 9.51. The maximum Gasteiger partial charge on any atom is 0.123 e. The summed E-state index contributed by atoms with van der Waals surface area (Å²) in [5, 5.41) is 15.7. The van der Waals surface area contributed by atoms with E-state index in [-0.39, 0.29) is 6.10 Å². The Morgan fingerprint density at radius 3 is 2.68 bits per heavy atom. The number of likely N-dealkylation sites (tertiary alicyclic amines) is 1. The monoisotopic (exact) mass is 342 g/mol. The normalized spacial score (nSPS) is 17.7. The summed E-state index contributed by atoms with van der Waals surface area (Å²) in [4.78, 5) is 2.37. The van der Waals surface area contributed by atoms with Gasteiger partial charge >= 0.3 is 0 Å². The summed E-state index contributed by atoms with van der Waals surface area (Å²) in [6, 6.07) is 12.7. The molecule has 0 radical (unpaired) electrons. The third-order valence-corrected chi connectivity index (χ3v) is 5.18. The number of benzene rings is 2. The second-order valence-electron chi connectivity index (χ2n) is 7.19. The molecule has 3 rings (SSSR count). The van der Waals surface area contributed by atoms with Crippen LogP contribution in [0.15, 0.2) is 36.4 Å². The quantitative estimate of drug-likeness (QED) is 0.812. The van der Waals surface area contributed by atoms with Crippen molar-refractivity contribution in [3.05, 3.63) is 42.0 Å². The fourth-order valence-electron chi connectivity index (χ4n) is 3.84. The van der Waals surface area contributed by atoms with Gasteiger partial charge in [0, 0.05) is 18.7 Å². The van der Waals surface area contributed by atoms with Crippen LogP contribution in [0.4, 0.5) is 0 Å². The molecule has 4 nitrogen and oxygen atoms in total. The van der Waals surface area contributed by atoms with Gasteiger partial charge in [-0.25, -0.2) is 0 Å². The number of aliphatic hydroxyl groups is 1. The first-order valence-corrected chi connectivity index (χ1v) is 9.33. The predicted molar refractivity (Wildman–Crippen MR) is 103 cm³/mol. The van der Waals surface area contributed by atoms with E-state index in [2.05, 4.69) is 46.6 Å². The van der Waals surface area contributed by atoms with Gasteiger partial charge in [-0.2, -0.15) is 0 Å². The van der Waals surface area contributed by atoms with Crippen molar-refractivity contribution in [3.63, 3.8) is 0 Å². The lowest BCUT2D eigenvalue weighted by Gasteiger charge is -2.32. The third-order valence-electron chi connectivity index (χ3n) is 5.18. The van der Waals surface area contributed by atoms with Crippen molar-refractivity contribution in [2.45, 2.75) is 32.4 Å². The summed E-state index contributed by atoms with van der Waals surface area (Å²) in [6.45, 7) is 6.72. The zero-order valence-electron chi connectivity index (χ0n) is 15.4. The predicted octanol–water partition coefficient (Wildman–Crippen LogP) is 3.03. The van der Waals surface area contributed by atoms with Crippen LogP contribution in [-0.4, -0.2) is 49.4 Å². The topological polar surface area (TPSA) is 44.7 Å². The van der Waals surface area contributed by atoms with Crippen LogP contribution in [0, 0.1) is 5.92 Å². The standard InChI is InChI=1S/C21H30N2O2/c1-16(24)15-23-11-9-17(10-12-23)13-22-14-20-19-6-4-3-5-18(19)7-8-21(20)25-2/h3-8,16-17,22,24H,9-15H2,1-2H3/t16-/m1/s1. The van der Waals surface area contributed by atoms with Gasteiger partial charge in [-0.15, -0.1) is 0 Å². The summed E-state index contributed by atoms with van der Waals surface area (Å²) in [5.74, 6) is 1.67. The highest BCUT2D eigenvalue weighted by atomic mass is 16.5. The first-order chi connectivity index (χ1) is 12.2.